The molecule has 0 spiro atoms. The number of rotatable bonds is 51. The molecule has 5 rings (SSSR count). The molecule has 3 saturated heterocycles. The van der Waals surface area contributed by atoms with Crippen LogP contribution in [0.2, 0.25) is 0 Å². The molecule has 2 aromatic carbocycles. The van der Waals surface area contributed by atoms with Crippen LogP contribution in [0.1, 0.15) is 142 Å². The molecule has 0 radical (unpaired) electrons. The summed E-state index contributed by atoms with van der Waals surface area (Å²) < 4.78 is 0. The van der Waals surface area contributed by atoms with Crippen molar-refractivity contribution in [2.24, 2.45) is 34.8 Å². The first-order valence-electron chi connectivity index (χ1n) is 40.8. The number of benzene rings is 2. The number of nitrogens with zero attached hydrogens (tertiary/aromatic N) is 3. The number of nitrogens with one attached hydrogen (secondary N) is 13. The lowest BCUT2D eigenvalue weighted by atomic mass is 9.96. The van der Waals surface area contributed by atoms with Gasteiger partial charge >= 0.3 is 17.9 Å². The molecule has 2 aromatic rings. The molecule has 0 aliphatic carbocycles. The smallest absolute Gasteiger partial charge is 0.326 e. The van der Waals surface area contributed by atoms with Crippen molar-refractivity contribution in [3.8, 4) is 11.5 Å². The lowest BCUT2D eigenvalue weighted by Crippen LogP contribution is -2.62. The zero-order valence-corrected chi connectivity index (χ0v) is 69.4. The third-order valence-electron chi connectivity index (χ3n) is 21.0. The summed E-state index contributed by atoms with van der Waals surface area (Å²) in [6.45, 7) is 3.39. The third-order valence-corrected chi connectivity index (χ3v) is 21.0. The molecule has 0 aromatic heterocycles. The lowest BCUT2D eigenvalue weighted by molar-refractivity contribution is -0.150. The van der Waals surface area contributed by atoms with E-state index in [-0.39, 0.29) is 127 Å². The Kier molecular flexibility index (Phi) is 41.4. The number of aliphatic hydroxyl groups is 3. The van der Waals surface area contributed by atoms with Crippen LogP contribution in [0.3, 0.4) is 0 Å². The highest BCUT2D eigenvalue weighted by Gasteiger charge is 2.46. The highest BCUT2D eigenvalue weighted by Crippen LogP contribution is 2.26. The van der Waals surface area contributed by atoms with E-state index < -0.39 is 261 Å². The minimum Gasteiger partial charge on any atom is -0.508 e. The van der Waals surface area contributed by atoms with Gasteiger partial charge in [-0.25, -0.2) is 4.79 Å². The van der Waals surface area contributed by atoms with Gasteiger partial charge in [-0.2, -0.15) is 0 Å². The molecule has 3 aliphatic heterocycles. The zero-order valence-electron chi connectivity index (χ0n) is 69.4. The van der Waals surface area contributed by atoms with E-state index in [9.17, 15) is 118 Å². The second-order valence-electron chi connectivity index (χ2n) is 31.0. The van der Waals surface area contributed by atoms with E-state index in [0.29, 0.717) is 17.5 Å². The quantitative estimate of drug-likeness (QED) is 0.0166. The zero-order chi connectivity index (χ0) is 92.4. The largest absolute Gasteiger partial charge is 0.508 e. The average Bonchev–Trinajstić information content (AvgIpc) is 1.62. The molecule has 3 aliphatic rings. The Balaban J connectivity index is 1.38. The summed E-state index contributed by atoms with van der Waals surface area (Å²) in [6.07, 6.45) is -3.00. The van der Waals surface area contributed by atoms with Gasteiger partial charge in [0.05, 0.1) is 45.1 Å². The minimum absolute atomic E-state index is 0.00384. The Morgan fingerprint density at radius 1 is 0.444 bits per heavy atom. The van der Waals surface area contributed by atoms with Crippen LogP contribution in [0.4, 0.5) is 0 Å². The molecule has 3 fully saturated rings. The molecule has 0 unspecified atom stereocenters. The molecule has 0 bridgehead atoms. The van der Waals surface area contributed by atoms with E-state index in [1.807, 2.05) is 0 Å². The third kappa shape index (κ3) is 31.8. The average molecular weight is 1750 g/mol. The fraction of sp³-hybridized carbons (Fsp3) is 0.603. The van der Waals surface area contributed by atoms with Gasteiger partial charge in [-0.1, -0.05) is 58.4 Å². The highest BCUT2D eigenvalue weighted by molar-refractivity contribution is 6.02. The number of aromatic hydroxyl groups is 2. The summed E-state index contributed by atoms with van der Waals surface area (Å²) in [6, 6.07) is -13.8. The van der Waals surface area contributed by atoms with Crippen molar-refractivity contribution < 1.29 is 127 Å². The van der Waals surface area contributed by atoms with Crippen LogP contribution in [0.5, 0.6) is 11.5 Å². The number of aliphatic carboxylic acids is 3. The minimum atomic E-state index is -2.15. The number of unbranched alkanes of at least 4 members (excludes halogenated alkanes) is 1. The first-order chi connectivity index (χ1) is 58.6. The molecule has 124 heavy (non-hydrogen) atoms. The number of hydrogen-bond donors (Lipinski definition) is 25. The number of phenols is 2. The van der Waals surface area contributed by atoms with Gasteiger partial charge < -0.3 is 142 Å². The number of primary amides is 1. The summed E-state index contributed by atoms with van der Waals surface area (Å²) >= 11 is 0. The highest BCUT2D eigenvalue weighted by atomic mass is 16.4. The number of hydrogen-bond acceptors (Lipinski definition) is 26. The fourth-order valence-corrected chi connectivity index (χ4v) is 14.2. The van der Waals surface area contributed by atoms with Gasteiger partial charge in [-0.05, 0) is 131 Å². The molecule has 15 amide bonds. The van der Waals surface area contributed by atoms with Crippen LogP contribution >= 0.6 is 0 Å². The predicted molar refractivity (Wildman–Crippen MR) is 435 cm³/mol. The number of guanidine groups is 1. The number of carbonyl (C=O) groups is 18. The molecular formula is C78H118N20O26. The number of aliphatic hydroxyl groups excluding tert-OH is 3. The summed E-state index contributed by atoms with van der Waals surface area (Å²) in [7, 11) is 0. The molecule has 46 heteroatoms. The number of nitrogens with two attached hydrogens (primary N) is 4. The fourth-order valence-electron chi connectivity index (χ4n) is 14.2. The first kappa shape index (κ1) is 102. The van der Waals surface area contributed by atoms with E-state index >= 15 is 9.59 Å². The summed E-state index contributed by atoms with van der Waals surface area (Å²) in [4.78, 5) is 250. The standard InChI is InChI=1S/C78H118N20O26/c1-5-40(4)62(76(122)97-28-10-15-57(97)73(119)91-49(31-41-17-21-43(102)22-18-41)67(113)94-54(37-100)74(120)96-27-9-14-56(96)72(118)90-48(30-39(2)3)66(112)93-55(38-101)75(121)98-29-11-16-58(98)77(123)124)95-70(116)50(32-42-19-23-44(103)24-20-42)88-64(110)47(13-8-26-84-78(82)83)86-69(115)52(35-61(107)108)89-71(117)53(36-99)92-65(111)46(12-6-7-25-79)85-68(114)51(34-60(105)106)87-63(109)45(80)33-59(81)104/h17-24,39-40,45-58,62,99-103H,5-16,25-38,79-80H2,1-4H3,(H2,81,104)(H,85,114)(H,86,115)(H,87,109)(H,88,110)(H,89,117)(H,90,118)(H,91,119)(H,92,111)(H,93,112)(H,94,113)(H,95,116)(H,105,106)(H,107,108)(H,123,124)(H4,82,83,84)/t40-,45-,46-,47-,48-,49-,50-,51-,52-,53-,54-,55-,56-,57-,58-,62-/m0/s1. The van der Waals surface area contributed by atoms with Crippen molar-refractivity contribution in [2.75, 3.05) is 52.5 Å². The molecule has 46 nitrogen and oxygen atoms in total. The number of amides is 15. The topological polar surface area (TPSA) is 751 Å². The van der Waals surface area contributed by atoms with Gasteiger partial charge in [0.15, 0.2) is 5.96 Å². The maximum Gasteiger partial charge on any atom is 0.326 e. The number of carboxylic acids is 3. The van der Waals surface area contributed by atoms with Crippen LogP contribution in [0.15, 0.2) is 48.5 Å². The maximum atomic E-state index is 15.2. The second kappa shape index (κ2) is 50.2. The number of likely N-dealkylation sites (tertiary alicyclic amines) is 3. The molecule has 16 atom stereocenters. The van der Waals surface area contributed by atoms with Gasteiger partial charge in [-0.15, -0.1) is 0 Å². The van der Waals surface area contributed by atoms with Crippen molar-refractivity contribution in [1.82, 2.24) is 78.5 Å². The molecule has 3 heterocycles. The van der Waals surface area contributed by atoms with Crippen LogP contribution in [-0.4, -0.2) is 311 Å². The van der Waals surface area contributed by atoms with E-state index in [1.165, 1.54) is 53.4 Å². The molecule has 686 valence electrons. The van der Waals surface area contributed by atoms with Gasteiger partial charge in [0.25, 0.3) is 0 Å². The Labute approximate surface area is 713 Å². The van der Waals surface area contributed by atoms with Gasteiger partial charge in [0.2, 0.25) is 88.6 Å². The second-order valence-corrected chi connectivity index (χ2v) is 31.0. The summed E-state index contributed by atoms with van der Waals surface area (Å²) in [5.41, 5.74) is 22.6. The van der Waals surface area contributed by atoms with E-state index in [1.54, 1.807) is 27.7 Å². The van der Waals surface area contributed by atoms with Crippen LogP contribution in [-0.2, 0) is 99.1 Å². The molecule has 29 N–H and O–H groups in total. The molecule has 0 saturated carbocycles. The SMILES string of the molecule is CC[C@H](C)[C@H](NC(=O)[C@H](Cc1ccc(O)cc1)NC(=O)[C@H](CCCNC(=N)N)NC(=O)[C@H](CC(=O)O)NC(=O)[C@H](CO)NC(=O)[C@H](CCCCN)NC(=O)[C@H](CC(=O)O)NC(=O)[C@@H](N)CC(N)=O)C(=O)N1CCC[C@H]1C(=O)N[C@@H](Cc1ccc(O)cc1)C(=O)N[C@@H](CO)C(=O)N1CCC[C@H]1C(=O)N[C@@H](CC(C)C)C(=O)N[C@@H](CO)C(=O)N1CCC[C@H]1C(=O)O. The monoisotopic (exact) mass is 1750 g/mol. The van der Waals surface area contributed by atoms with Crippen molar-refractivity contribution in [1.29, 1.82) is 5.41 Å². The van der Waals surface area contributed by atoms with Crippen LogP contribution < -0.4 is 86.7 Å². The summed E-state index contributed by atoms with van der Waals surface area (Å²) in [5, 5.41) is 118. The van der Waals surface area contributed by atoms with Crippen molar-refractivity contribution in [3.05, 3.63) is 59.7 Å². The van der Waals surface area contributed by atoms with E-state index in [4.69, 9.17) is 28.3 Å². The van der Waals surface area contributed by atoms with Crippen molar-refractivity contribution in [2.45, 2.75) is 234 Å². The molecular weight excluding hydrogens is 1630 g/mol. The van der Waals surface area contributed by atoms with E-state index in [0.717, 1.165) is 9.80 Å². The van der Waals surface area contributed by atoms with Gasteiger partial charge in [0, 0.05) is 39.0 Å². The first-order valence-corrected chi connectivity index (χ1v) is 40.8. The van der Waals surface area contributed by atoms with Crippen molar-refractivity contribution in [3.63, 3.8) is 0 Å². The number of phenolic OH excluding ortho intramolecular Hbond substituents is 2. The number of carboxylic acid groups (broad SMARTS) is 3. The van der Waals surface area contributed by atoms with E-state index in [2.05, 4.69) is 63.8 Å². The van der Waals surface area contributed by atoms with Crippen LogP contribution in [0.25, 0.3) is 0 Å². The Bertz CT molecular complexity index is 4110. The Morgan fingerprint density at radius 2 is 0.806 bits per heavy atom. The van der Waals surface area contributed by atoms with Crippen molar-refractivity contribution >= 4 is 112 Å². The Morgan fingerprint density at radius 3 is 1.23 bits per heavy atom. The Hall–Kier alpha value is -12.4. The summed E-state index contributed by atoms with van der Waals surface area (Å²) in [5.74, 6) is -22.4. The van der Waals surface area contributed by atoms with Gasteiger partial charge in [0.1, 0.15) is 96.1 Å². The van der Waals surface area contributed by atoms with Gasteiger partial charge in [-0.3, -0.25) is 86.9 Å². The maximum absolute atomic E-state index is 15.2. The lowest BCUT2D eigenvalue weighted by Gasteiger charge is -2.33. The number of carbonyl (C=O) groups excluding carboxylic acids is 15. The predicted octanol–water partition coefficient (Wildman–Crippen LogP) is -8.11. The normalized spacial score (nSPS) is 18.0. The van der Waals surface area contributed by atoms with Crippen LogP contribution in [0, 0.1) is 17.2 Å².